The number of rotatable bonds is 5. The second kappa shape index (κ2) is 5.42. The molecule has 0 aliphatic carbocycles. The van der Waals surface area contributed by atoms with Gasteiger partial charge in [-0.25, -0.2) is 4.98 Å². The van der Waals surface area contributed by atoms with Crippen LogP contribution in [0.15, 0.2) is 16.2 Å². The summed E-state index contributed by atoms with van der Waals surface area (Å²) in [6.45, 7) is 3.90. The molecular weight excluding hydrogens is 234 g/mol. The van der Waals surface area contributed by atoms with Crippen LogP contribution in [0.25, 0.3) is 10.2 Å². The molecule has 0 radical (unpaired) electrons. The van der Waals surface area contributed by atoms with E-state index in [1.54, 1.807) is 0 Å². The molecule has 0 aliphatic heterocycles. The van der Waals surface area contributed by atoms with Gasteiger partial charge in [0.25, 0.3) is 5.56 Å². The molecule has 2 aromatic heterocycles. The molecule has 0 saturated carbocycles. The average Bonchev–Trinajstić information content (AvgIpc) is 2.75. The molecule has 2 aromatic rings. The number of aromatic amines is 1. The van der Waals surface area contributed by atoms with Gasteiger partial charge >= 0.3 is 0 Å². The van der Waals surface area contributed by atoms with Crippen molar-refractivity contribution in [1.29, 1.82) is 0 Å². The van der Waals surface area contributed by atoms with Gasteiger partial charge in [0.1, 0.15) is 10.5 Å². The third-order valence-electron chi connectivity index (χ3n) is 2.68. The minimum absolute atomic E-state index is 0.0242. The maximum Gasteiger partial charge on any atom is 0.268 e. The highest BCUT2D eigenvalue weighted by Gasteiger charge is 2.06. The number of nitrogens with one attached hydrogen (secondary N) is 1. The maximum atomic E-state index is 11.8. The first-order valence-electron chi connectivity index (χ1n) is 5.85. The van der Waals surface area contributed by atoms with Crippen molar-refractivity contribution < 1.29 is 0 Å². The lowest BCUT2D eigenvalue weighted by atomic mass is 10.3. The Morgan fingerprint density at radius 3 is 3.12 bits per heavy atom. The minimum Gasteiger partial charge on any atom is -0.308 e. The van der Waals surface area contributed by atoms with Crippen LogP contribution in [0.3, 0.4) is 0 Å². The number of unbranched alkanes of at least 4 members (excludes halogenated alkanes) is 1. The fourth-order valence-corrected chi connectivity index (χ4v) is 2.48. The molecule has 17 heavy (non-hydrogen) atoms. The SMILES string of the molecule is CCCCN(C)Cc1nc2ccsc2c(=O)[nH]1. The molecule has 2 rings (SSSR count). The van der Waals surface area contributed by atoms with Crippen LogP contribution in [0.5, 0.6) is 0 Å². The molecule has 0 saturated heterocycles. The van der Waals surface area contributed by atoms with Crippen LogP contribution in [0.4, 0.5) is 0 Å². The van der Waals surface area contributed by atoms with Gasteiger partial charge in [0.15, 0.2) is 0 Å². The topological polar surface area (TPSA) is 49.0 Å². The summed E-state index contributed by atoms with van der Waals surface area (Å²) in [6, 6.07) is 1.89. The number of nitrogens with zero attached hydrogens (tertiary/aromatic N) is 2. The summed E-state index contributed by atoms with van der Waals surface area (Å²) in [5.41, 5.74) is 0.779. The lowest BCUT2D eigenvalue weighted by Gasteiger charge is -2.14. The molecule has 0 unspecified atom stereocenters. The lowest BCUT2D eigenvalue weighted by Crippen LogP contribution is -2.22. The Kier molecular flexibility index (Phi) is 3.91. The van der Waals surface area contributed by atoms with E-state index in [-0.39, 0.29) is 5.56 Å². The van der Waals surface area contributed by atoms with E-state index in [0.29, 0.717) is 11.2 Å². The first-order chi connectivity index (χ1) is 8.20. The molecule has 0 aliphatic rings. The van der Waals surface area contributed by atoms with Gasteiger partial charge in [-0.1, -0.05) is 13.3 Å². The van der Waals surface area contributed by atoms with Crippen LogP contribution in [-0.2, 0) is 6.54 Å². The monoisotopic (exact) mass is 251 g/mol. The summed E-state index contributed by atoms with van der Waals surface area (Å²) < 4.78 is 0.713. The van der Waals surface area contributed by atoms with Gasteiger partial charge in [-0.05, 0) is 31.5 Å². The van der Waals surface area contributed by atoms with Crippen LogP contribution >= 0.6 is 11.3 Å². The number of hydrogen-bond donors (Lipinski definition) is 1. The smallest absolute Gasteiger partial charge is 0.268 e. The third kappa shape index (κ3) is 2.92. The average molecular weight is 251 g/mol. The van der Waals surface area contributed by atoms with Crippen molar-refractivity contribution >= 4 is 21.6 Å². The first-order valence-corrected chi connectivity index (χ1v) is 6.73. The quantitative estimate of drug-likeness (QED) is 0.886. The normalized spacial score (nSPS) is 11.5. The number of aromatic nitrogens is 2. The molecule has 0 bridgehead atoms. The summed E-state index contributed by atoms with van der Waals surface area (Å²) in [6.07, 6.45) is 2.35. The van der Waals surface area contributed by atoms with E-state index in [9.17, 15) is 4.79 Å². The second-order valence-electron chi connectivity index (χ2n) is 4.24. The van der Waals surface area contributed by atoms with E-state index in [4.69, 9.17) is 0 Å². The van der Waals surface area contributed by atoms with Gasteiger partial charge < -0.3 is 4.98 Å². The number of H-pyrrole nitrogens is 1. The van der Waals surface area contributed by atoms with E-state index in [2.05, 4.69) is 21.8 Å². The molecule has 5 heteroatoms. The molecular formula is C12H17N3OS. The van der Waals surface area contributed by atoms with Crippen molar-refractivity contribution in [3.8, 4) is 0 Å². The minimum atomic E-state index is -0.0242. The zero-order chi connectivity index (χ0) is 12.3. The molecule has 2 heterocycles. The van der Waals surface area contributed by atoms with E-state index >= 15 is 0 Å². The number of thiophene rings is 1. The summed E-state index contributed by atoms with van der Waals surface area (Å²) in [5.74, 6) is 0.750. The molecule has 0 aromatic carbocycles. The Balaban J connectivity index is 2.16. The van der Waals surface area contributed by atoms with E-state index in [1.807, 2.05) is 18.5 Å². The standard InChI is InChI=1S/C12H17N3OS/c1-3-4-6-15(2)8-10-13-9-5-7-17-11(9)12(16)14-10/h5,7H,3-4,6,8H2,1-2H3,(H,13,14,16). The molecule has 0 spiro atoms. The van der Waals surface area contributed by atoms with Crippen molar-refractivity contribution in [2.45, 2.75) is 26.3 Å². The van der Waals surface area contributed by atoms with E-state index in [1.165, 1.54) is 24.2 Å². The molecule has 92 valence electrons. The van der Waals surface area contributed by atoms with Crippen LogP contribution in [0.2, 0.25) is 0 Å². The largest absolute Gasteiger partial charge is 0.308 e. The first kappa shape index (κ1) is 12.3. The highest BCUT2D eigenvalue weighted by molar-refractivity contribution is 7.17. The summed E-state index contributed by atoms with van der Waals surface area (Å²) in [4.78, 5) is 21.2. The van der Waals surface area contributed by atoms with Gasteiger partial charge in [-0.3, -0.25) is 9.69 Å². The fraction of sp³-hybridized carbons (Fsp3) is 0.500. The van der Waals surface area contributed by atoms with Gasteiger partial charge in [0.2, 0.25) is 0 Å². The van der Waals surface area contributed by atoms with Gasteiger partial charge in [0.05, 0.1) is 12.1 Å². The van der Waals surface area contributed by atoms with Crippen LogP contribution in [-0.4, -0.2) is 28.5 Å². The Morgan fingerprint density at radius 2 is 2.35 bits per heavy atom. The Hall–Kier alpha value is -1.20. The van der Waals surface area contributed by atoms with Crippen molar-refractivity contribution in [1.82, 2.24) is 14.9 Å². The zero-order valence-electron chi connectivity index (χ0n) is 10.2. The lowest BCUT2D eigenvalue weighted by molar-refractivity contribution is 0.313. The Labute approximate surface area is 104 Å². The summed E-state index contributed by atoms with van der Waals surface area (Å²) in [7, 11) is 2.05. The zero-order valence-corrected chi connectivity index (χ0v) is 11.0. The maximum absolute atomic E-state index is 11.8. The predicted octanol–water partition coefficient (Wildman–Crippen LogP) is 2.22. The Morgan fingerprint density at radius 1 is 1.53 bits per heavy atom. The van der Waals surface area contributed by atoms with Gasteiger partial charge in [-0.2, -0.15) is 0 Å². The van der Waals surface area contributed by atoms with E-state index in [0.717, 1.165) is 17.9 Å². The summed E-state index contributed by atoms with van der Waals surface area (Å²) in [5, 5.41) is 1.90. The fourth-order valence-electron chi connectivity index (χ4n) is 1.76. The highest BCUT2D eigenvalue weighted by Crippen LogP contribution is 2.13. The summed E-state index contributed by atoms with van der Waals surface area (Å²) >= 11 is 1.44. The molecule has 1 N–H and O–H groups in total. The molecule has 0 fully saturated rings. The number of hydrogen-bond acceptors (Lipinski definition) is 4. The van der Waals surface area contributed by atoms with Crippen molar-refractivity contribution in [3.63, 3.8) is 0 Å². The second-order valence-corrected chi connectivity index (χ2v) is 5.16. The van der Waals surface area contributed by atoms with E-state index < -0.39 is 0 Å². The third-order valence-corrected chi connectivity index (χ3v) is 3.58. The van der Waals surface area contributed by atoms with Crippen LogP contribution in [0, 0.1) is 0 Å². The molecule has 4 nitrogen and oxygen atoms in total. The van der Waals surface area contributed by atoms with Crippen molar-refractivity contribution in [3.05, 3.63) is 27.6 Å². The van der Waals surface area contributed by atoms with Crippen LogP contribution < -0.4 is 5.56 Å². The predicted molar refractivity (Wildman–Crippen MR) is 71.5 cm³/mol. The van der Waals surface area contributed by atoms with Gasteiger partial charge in [-0.15, -0.1) is 11.3 Å². The molecule has 0 amide bonds. The van der Waals surface area contributed by atoms with Crippen molar-refractivity contribution in [2.75, 3.05) is 13.6 Å². The van der Waals surface area contributed by atoms with Crippen molar-refractivity contribution in [2.24, 2.45) is 0 Å². The number of fused-ring (bicyclic) bond motifs is 1. The highest BCUT2D eigenvalue weighted by atomic mass is 32.1. The van der Waals surface area contributed by atoms with Crippen LogP contribution in [0.1, 0.15) is 25.6 Å². The molecule has 0 atom stereocenters. The Bertz CT molecular complexity index is 546. The van der Waals surface area contributed by atoms with Gasteiger partial charge in [0, 0.05) is 0 Å².